The highest BCUT2D eigenvalue weighted by Gasteiger charge is 2.36. The monoisotopic (exact) mass is 284 g/mol. The molecule has 18 heavy (non-hydrogen) atoms. The van der Waals surface area contributed by atoms with Gasteiger partial charge in [0.25, 0.3) is 0 Å². The lowest BCUT2D eigenvalue weighted by atomic mass is 10.2. The molecule has 0 N–H and O–H groups in total. The van der Waals surface area contributed by atoms with Gasteiger partial charge in [-0.05, 0) is 48.8 Å². The minimum absolute atomic E-state index is 0.337. The summed E-state index contributed by atoms with van der Waals surface area (Å²) in [6.45, 7) is 12.5. The molecule has 3 heteroatoms. The van der Waals surface area contributed by atoms with Gasteiger partial charge in [-0.1, -0.05) is 33.3 Å². The fourth-order valence-corrected chi connectivity index (χ4v) is 3.42. The maximum Gasteiger partial charge on any atom is 0.191 e. The lowest BCUT2D eigenvalue weighted by molar-refractivity contribution is 0.278. The highest BCUT2D eigenvalue weighted by atomic mass is 32.1. The molecular formula is C15H28OSSi. The standard InChI is InChI=1S/C15H28OSSi/c1-15(2,3)18(4,5)16-12-8-6-7-10-14-11-9-13-17-14/h9,11,13H,6-8,10,12H2,1-5H3. The molecule has 0 spiro atoms. The van der Waals surface area contributed by atoms with Gasteiger partial charge in [0, 0.05) is 11.5 Å². The van der Waals surface area contributed by atoms with Crippen molar-refractivity contribution in [1.82, 2.24) is 0 Å². The molecule has 0 saturated carbocycles. The van der Waals surface area contributed by atoms with Crippen molar-refractivity contribution in [2.24, 2.45) is 0 Å². The van der Waals surface area contributed by atoms with Crippen LogP contribution in [-0.2, 0) is 10.8 Å². The van der Waals surface area contributed by atoms with Crippen LogP contribution in [0.4, 0.5) is 0 Å². The average molecular weight is 285 g/mol. The van der Waals surface area contributed by atoms with Gasteiger partial charge in [0.15, 0.2) is 8.32 Å². The maximum atomic E-state index is 6.17. The molecule has 0 aliphatic carbocycles. The molecule has 1 rings (SSSR count). The first-order chi connectivity index (χ1) is 8.33. The first-order valence-electron chi connectivity index (χ1n) is 6.99. The Balaban J connectivity index is 2.08. The molecule has 0 radical (unpaired) electrons. The van der Waals surface area contributed by atoms with E-state index in [1.165, 1.54) is 30.6 Å². The van der Waals surface area contributed by atoms with Crippen molar-refractivity contribution in [2.45, 2.75) is 64.6 Å². The molecule has 1 aromatic heterocycles. The smallest absolute Gasteiger partial charge is 0.191 e. The fourth-order valence-electron chi connectivity index (χ4n) is 1.58. The molecule has 0 aromatic carbocycles. The molecule has 1 aromatic rings. The summed E-state index contributed by atoms with van der Waals surface area (Å²) in [5, 5.41) is 2.50. The van der Waals surface area contributed by atoms with E-state index in [0.29, 0.717) is 5.04 Å². The molecule has 0 saturated heterocycles. The highest BCUT2D eigenvalue weighted by Crippen LogP contribution is 2.36. The van der Waals surface area contributed by atoms with Crippen LogP contribution in [0, 0.1) is 0 Å². The first kappa shape index (κ1) is 15.9. The van der Waals surface area contributed by atoms with Crippen molar-refractivity contribution < 1.29 is 4.43 Å². The number of hydrogen-bond acceptors (Lipinski definition) is 2. The average Bonchev–Trinajstić information content (AvgIpc) is 2.74. The van der Waals surface area contributed by atoms with Gasteiger partial charge in [0.2, 0.25) is 0 Å². The second kappa shape index (κ2) is 6.87. The topological polar surface area (TPSA) is 9.23 Å². The summed E-state index contributed by atoms with van der Waals surface area (Å²) in [5.41, 5.74) is 0. The normalized spacial score (nSPS) is 12.9. The fraction of sp³-hybridized carbons (Fsp3) is 0.733. The Kier molecular flexibility index (Phi) is 6.08. The van der Waals surface area contributed by atoms with Gasteiger partial charge in [-0.3, -0.25) is 0 Å². The number of aryl methyl sites for hydroxylation is 1. The molecule has 0 fully saturated rings. The summed E-state index contributed by atoms with van der Waals surface area (Å²) in [5.74, 6) is 0. The third-order valence-corrected chi connectivity index (χ3v) is 9.39. The summed E-state index contributed by atoms with van der Waals surface area (Å²) in [6, 6.07) is 4.37. The first-order valence-corrected chi connectivity index (χ1v) is 10.8. The largest absolute Gasteiger partial charge is 0.417 e. The van der Waals surface area contributed by atoms with Gasteiger partial charge in [-0.15, -0.1) is 11.3 Å². The zero-order valence-electron chi connectivity index (χ0n) is 12.6. The van der Waals surface area contributed by atoms with E-state index in [4.69, 9.17) is 4.43 Å². The van der Waals surface area contributed by atoms with Crippen LogP contribution in [0.15, 0.2) is 17.5 Å². The summed E-state index contributed by atoms with van der Waals surface area (Å²) in [7, 11) is -1.52. The van der Waals surface area contributed by atoms with Gasteiger partial charge < -0.3 is 4.43 Å². The number of thiophene rings is 1. The molecule has 0 aliphatic rings. The zero-order valence-corrected chi connectivity index (χ0v) is 14.4. The van der Waals surface area contributed by atoms with Crippen molar-refractivity contribution in [3.63, 3.8) is 0 Å². The van der Waals surface area contributed by atoms with E-state index in [9.17, 15) is 0 Å². The Morgan fingerprint density at radius 3 is 2.44 bits per heavy atom. The van der Waals surface area contributed by atoms with Gasteiger partial charge >= 0.3 is 0 Å². The number of unbranched alkanes of at least 4 members (excludes halogenated alkanes) is 2. The Bertz CT molecular complexity index is 325. The van der Waals surface area contributed by atoms with Crippen LogP contribution in [0.2, 0.25) is 18.1 Å². The minimum atomic E-state index is -1.52. The van der Waals surface area contributed by atoms with Gasteiger partial charge in [-0.25, -0.2) is 0 Å². The van der Waals surface area contributed by atoms with E-state index in [1.54, 1.807) is 0 Å². The molecular weight excluding hydrogens is 256 g/mol. The quantitative estimate of drug-likeness (QED) is 0.475. The molecule has 0 unspecified atom stereocenters. The van der Waals surface area contributed by atoms with Crippen molar-refractivity contribution in [2.75, 3.05) is 6.61 Å². The highest BCUT2D eigenvalue weighted by molar-refractivity contribution is 7.09. The van der Waals surface area contributed by atoms with Crippen LogP contribution in [0.25, 0.3) is 0 Å². The molecule has 1 nitrogen and oxygen atoms in total. The third kappa shape index (κ3) is 5.25. The second-order valence-electron chi connectivity index (χ2n) is 6.50. The molecule has 0 atom stereocenters. The zero-order chi connectivity index (χ0) is 13.6. The van der Waals surface area contributed by atoms with Crippen molar-refractivity contribution >= 4 is 19.7 Å². The molecule has 0 aliphatic heterocycles. The predicted molar refractivity (Wildman–Crippen MR) is 85.0 cm³/mol. The summed E-state index contributed by atoms with van der Waals surface area (Å²) < 4.78 is 6.17. The van der Waals surface area contributed by atoms with Crippen LogP contribution in [0.1, 0.15) is 44.9 Å². The Morgan fingerprint density at radius 2 is 1.89 bits per heavy atom. The van der Waals surface area contributed by atoms with E-state index < -0.39 is 8.32 Å². The summed E-state index contributed by atoms with van der Waals surface area (Å²) in [4.78, 5) is 1.51. The Labute approximate surface area is 118 Å². The minimum Gasteiger partial charge on any atom is -0.417 e. The van der Waals surface area contributed by atoms with Gasteiger partial charge in [-0.2, -0.15) is 0 Å². The van der Waals surface area contributed by atoms with Crippen molar-refractivity contribution in [3.05, 3.63) is 22.4 Å². The lowest BCUT2D eigenvalue weighted by Gasteiger charge is -2.36. The van der Waals surface area contributed by atoms with E-state index in [1.807, 2.05) is 11.3 Å². The SMILES string of the molecule is CC(C)(C)[Si](C)(C)OCCCCCc1cccs1. The molecule has 0 bridgehead atoms. The van der Waals surface area contributed by atoms with Crippen LogP contribution in [0.5, 0.6) is 0 Å². The van der Waals surface area contributed by atoms with E-state index in [-0.39, 0.29) is 0 Å². The van der Waals surface area contributed by atoms with Crippen LogP contribution >= 0.6 is 11.3 Å². The van der Waals surface area contributed by atoms with Gasteiger partial charge in [0.05, 0.1) is 0 Å². The second-order valence-corrected chi connectivity index (χ2v) is 12.3. The predicted octanol–water partition coefficient (Wildman–Crippen LogP) is 5.48. The van der Waals surface area contributed by atoms with Crippen LogP contribution < -0.4 is 0 Å². The van der Waals surface area contributed by atoms with E-state index in [2.05, 4.69) is 51.4 Å². The Morgan fingerprint density at radius 1 is 1.17 bits per heavy atom. The lowest BCUT2D eigenvalue weighted by Crippen LogP contribution is -2.40. The molecule has 104 valence electrons. The number of hydrogen-bond donors (Lipinski definition) is 0. The van der Waals surface area contributed by atoms with Crippen LogP contribution in [0.3, 0.4) is 0 Å². The number of rotatable bonds is 7. The van der Waals surface area contributed by atoms with E-state index >= 15 is 0 Å². The maximum absolute atomic E-state index is 6.17. The van der Waals surface area contributed by atoms with E-state index in [0.717, 1.165) is 6.61 Å². The Hall–Kier alpha value is -0.123. The molecule has 0 amide bonds. The van der Waals surface area contributed by atoms with Gasteiger partial charge in [0.1, 0.15) is 0 Å². The summed E-state index contributed by atoms with van der Waals surface area (Å²) in [6.07, 6.45) is 5.02. The summed E-state index contributed by atoms with van der Waals surface area (Å²) >= 11 is 1.87. The van der Waals surface area contributed by atoms with Crippen molar-refractivity contribution in [1.29, 1.82) is 0 Å². The van der Waals surface area contributed by atoms with Crippen LogP contribution in [-0.4, -0.2) is 14.9 Å². The molecule has 1 heterocycles. The van der Waals surface area contributed by atoms with Crippen molar-refractivity contribution in [3.8, 4) is 0 Å². The third-order valence-electron chi connectivity index (χ3n) is 3.92.